The summed E-state index contributed by atoms with van der Waals surface area (Å²) in [7, 11) is -3.31. The van der Waals surface area contributed by atoms with Crippen molar-refractivity contribution in [3.05, 3.63) is 41.4 Å². The quantitative estimate of drug-likeness (QED) is 0.803. The number of halogens is 1. The third-order valence-electron chi connectivity index (χ3n) is 4.20. The monoisotopic (exact) mass is 369 g/mol. The van der Waals surface area contributed by atoms with Gasteiger partial charge in [-0.3, -0.25) is 0 Å². The minimum Gasteiger partial charge on any atom is -0.480 e. The molecule has 0 spiro atoms. The predicted molar refractivity (Wildman–Crippen MR) is 82.9 cm³/mol. The second-order valence-corrected chi connectivity index (χ2v) is 8.00. The van der Waals surface area contributed by atoms with Crippen molar-refractivity contribution in [2.24, 2.45) is 0 Å². The maximum absolute atomic E-state index is 13.3. The molecule has 3 heterocycles. The summed E-state index contributed by atoms with van der Waals surface area (Å²) in [5.74, 6) is 0.717. The lowest BCUT2D eigenvalue weighted by atomic mass is 10.1. The van der Waals surface area contributed by atoms with E-state index in [9.17, 15) is 12.8 Å². The number of rotatable bonds is 3. The first kappa shape index (κ1) is 16.4. The van der Waals surface area contributed by atoms with E-state index in [1.54, 1.807) is 6.07 Å². The molecule has 0 saturated carbocycles. The molecule has 0 unspecified atom stereocenters. The van der Waals surface area contributed by atoms with E-state index >= 15 is 0 Å². The molecular formula is C15H16FN3O5S. The Labute approximate surface area is 143 Å². The molecule has 1 fully saturated rings. The fourth-order valence-corrected chi connectivity index (χ4v) is 3.75. The predicted octanol–water partition coefficient (Wildman–Crippen LogP) is 1.22. The lowest BCUT2D eigenvalue weighted by Gasteiger charge is -2.29. The Bertz CT molecular complexity index is 900. The zero-order valence-corrected chi connectivity index (χ0v) is 14.2. The lowest BCUT2D eigenvalue weighted by molar-refractivity contribution is -0.0184. The second-order valence-electron chi connectivity index (χ2n) is 6.02. The Balaban J connectivity index is 1.50. The largest absolute Gasteiger partial charge is 0.480 e. The van der Waals surface area contributed by atoms with E-state index < -0.39 is 22.2 Å². The third-order valence-corrected chi connectivity index (χ3v) is 5.47. The van der Waals surface area contributed by atoms with Crippen LogP contribution in [0.25, 0.3) is 0 Å². The standard InChI is InChI=1S/C15H16FN3O5S/c1-25(20,21)19-4-5-22-13(8-19)15-18-17-14(24-15)12-7-9-6-10(16)2-3-11(9)23-12/h2-3,6,12-13H,4-5,7-8H2,1H3/t12-,13-/m0/s1. The van der Waals surface area contributed by atoms with E-state index in [1.807, 2.05) is 0 Å². The molecule has 0 amide bonds. The molecule has 2 atom stereocenters. The van der Waals surface area contributed by atoms with Crippen molar-refractivity contribution in [1.29, 1.82) is 0 Å². The van der Waals surface area contributed by atoms with E-state index in [-0.39, 0.29) is 30.8 Å². The van der Waals surface area contributed by atoms with Crippen molar-refractivity contribution in [1.82, 2.24) is 14.5 Å². The van der Waals surface area contributed by atoms with Gasteiger partial charge in [0.05, 0.1) is 12.9 Å². The van der Waals surface area contributed by atoms with Gasteiger partial charge in [-0.25, -0.2) is 12.8 Å². The van der Waals surface area contributed by atoms with Gasteiger partial charge in [-0.15, -0.1) is 10.2 Å². The maximum Gasteiger partial charge on any atom is 0.257 e. The Kier molecular flexibility index (Phi) is 3.97. The Hall–Kier alpha value is -2.04. The summed E-state index contributed by atoms with van der Waals surface area (Å²) in [6.45, 7) is 0.667. The SMILES string of the molecule is CS(=O)(=O)N1CCO[C@H](c2nnc([C@@H]3Cc4cc(F)ccc4O3)o2)C1. The minimum absolute atomic E-state index is 0.122. The molecular weight excluding hydrogens is 353 g/mol. The molecule has 0 bridgehead atoms. The Morgan fingerprint density at radius 2 is 2.00 bits per heavy atom. The molecule has 4 rings (SSSR count). The molecule has 0 N–H and O–H groups in total. The summed E-state index contributed by atoms with van der Waals surface area (Å²) >= 11 is 0. The van der Waals surface area contributed by atoms with E-state index in [2.05, 4.69) is 10.2 Å². The number of benzene rings is 1. The summed E-state index contributed by atoms with van der Waals surface area (Å²) in [5.41, 5.74) is 0.738. The molecule has 0 aliphatic carbocycles. The fraction of sp³-hybridized carbons (Fsp3) is 0.467. The Morgan fingerprint density at radius 1 is 1.24 bits per heavy atom. The minimum atomic E-state index is -3.31. The van der Waals surface area contributed by atoms with Gasteiger partial charge in [0.15, 0.2) is 6.10 Å². The zero-order chi connectivity index (χ0) is 17.6. The highest BCUT2D eigenvalue weighted by atomic mass is 32.2. The Morgan fingerprint density at radius 3 is 2.76 bits per heavy atom. The molecule has 2 aliphatic rings. The third kappa shape index (κ3) is 3.24. The maximum atomic E-state index is 13.3. The lowest BCUT2D eigenvalue weighted by Crippen LogP contribution is -2.41. The number of fused-ring (bicyclic) bond motifs is 1. The van der Waals surface area contributed by atoms with Gasteiger partial charge in [-0.05, 0) is 18.2 Å². The first-order chi connectivity index (χ1) is 11.9. The topological polar surface area (TPSA) is 94.8 Å². The van der Waals surface area contributed by atoms with Gasteiger partial charge in [0.2, 0.25) is 15.9 Å². The summed E-state index contributed by atoms with van der Waals surface area (Å²) in [6, 6.07) is 4.31. The highest BCUT2D eigenvalue weighted by molar-refractivity contribution is 7.88. The number of hydrogen-bond donors (Lipinski definition) is 0. The van der Waals surface area contributed by atoms with Gasteiger partial charge < -0.3 is 13.9 Å². The van der Waals surface area contributed by atoms with Crippen molar-refractivity contribution in [2.75, 3.05) is 26.0 Å². The van der Waals surface area contributed by atoms with Crippen molar-refractivity contribution < 1.29 is 26.7 Å². The molecule has 10 heteroatoms. The summed E-state index contributed by atoms with van der Waals surface area (Å²) in [5, 5.41) is 7.95. The average molecular weight is 369 g/mol. The smallest absolute Gasteiger partial charge is 0.257 e. The van der Waals surface area contributed by atoms with Crippen LogP contribution in [0.3, 0.4) is 0 Å². The van der Waals surface area contributed by atoms with Gasteiger partial charge in [0, 0.05) is 25.1 Å². The number of nitrogens with zero attached hydrogens (tertiary/aromatic N) is 3. The van der Waals surface area contributed by atoms with E-state index in [1.165, 1.54) is 16.4 Å². The number of sulfonamides is 1. The van der Waals surface area contributed by atoms with Crippen LogP contribution in [0.2, 0.25) is 0 Å². The van der Waals surface area contributed by atoms with Gasteiger partial charge >= 0.3 is 0 Å². The average Bonchev–Trinajstić information content (AvgIpc) is 3.20. The van der Waals surface area contributed by atoms with Crippen LogP contribution in [0.5, 0.6) is 5.75 Å². The van der Waals surface area contributed by atoms with Crippen molar-refractivity contribution in [2.45, 2.75) is 18.6 Å². The van der Waals surface area contributed by atoms with Crippen molar-refractivity contribution >= 4 is 10.0 Å². The van der Waals surface area contributed by atoms with Crippen LogP contribution in [0.4, 0.5) is 4.39 Å². The molecule has 8 nitrogen and oxygen atoms in total. The van der Waals surface area contributed by atoms with Gasteiger partial charge in [0.25, 0.3) is 5.89 Å². The number of ether oxygens (including phenoxy) is 2. The van der Waals surface area contributed by atoms with Crippen LogP contribution in [-0.2, 0) is 21.2 Å². The van der Waals surface area contributed by atoms with E-state index in [0.29, 0.717) is 18.7 Å². The summed E-state index contributed by atoms with van der Waals surface area (Å²) < 4.78 is 54.9. The number of morpholine rings is 1. The zero-order valence-electron chi connectivity index (χ0n) is 13.4. The fourth-order valence-electron chi connectivity index (χ4n) is 2.94. The van der Waals surface area contributed by atoms with Crippen LogP contribution < -0.4 is 4.74 Å². The van der Waals surface area contributed by atoms with Crippen LogP contribution >= 0.6 is 0 Å². The van der Waals surface area contributed by atoms with Crippen LogP contribution in [0.15, 0.2) is 22.6 Å². The van der Waals surface area contributed by atoms with Gasteiger partial charge in [-0.2, -0.15) is 4.31 Å². The van der Waals surface area contributed by atoms with Crippen LogP contribution in [0, 0.1) is 5.82 Å². The molecule has 1 aromatic carbocycles. The summed E-state index contributed by atoms with van der Waals surface area (Å²) in [6.07, 6.45) is 0.464. The summed E-state index contributed by atoms with van der Waals surface area (Å²) in [4.78, 5) is 0. The normalized spacial score (nSPS) is 24.1. The molecule has 2 aliphatic heterocycles. The number of aromatic nitrogens is 2. The van der Waals surface area contributed by atoms with E-state index in [4.69, 9.17) is 13.9 Å². The highest BCUT2D eigenvalue weighted by Gasteiger charge is 2.34. The molecule has 0 radical (unpaired) electrons. The molecule has 25 heavy (non-hydrogen) atoms. The molecule has 2 aromatic rings. The second kappa shape index (κ2) is 6.04. The van der Waals surface area contributed by atoms with Gasteiger partial charge in [-0.1, -0.05) is 0 Å². The van der Waals surface area contributed by atoms with E-state index in [0.717, 1.165) is 11.8 Å². The highest BCUT2D eigenvalue weighted by Crippen LogP contribution is 2.37. The van der Waals surface area contributed by atoms with Gasteiger partial charge in [0.1, 0.15) is 17.7 Å². The van der Waals surface area contributed by atoms with Crippen LogP contribution in [-0.4, -0.2) is 48.9 Å². The molecule has 1 aromatic heterocycles. The molecule has 134 valence electrons. The van der Waals surface area contributed by atoms with Crippen LogP contribution in [0.1, 0.15) is 29.6 Å². The first-order valence-corrected chi connectivity index (χ1v) is 9.60. The molecule has 1 saturated heterocycles. The first-order valence-electron chi connectivity index (χ1n) is 7.75. The van der Waals surface area contributed by atoms with Crippen molar-refractivity contribution in [3.8, 4) is 5.75 Å². The van der Waals surface area contributed by atoms with Crippen molar-refractivity contribution in [3.63, 3.8) is 0 Å². The number of hydrogen-bond acceptors (Lipinski definition) is 7.